The molecular formula is C14H21ClN4O3S. The third-order valence-electron chi connectivity index (χ3n) is 3.44. The van der Waals surface area contributed by atoms with Gasteiger partial charge in [-0.15, -0.1) is 12.4 Å². The number of likely N-dealkylation sites (N-methyl/N-ethyl adjacent to an activating group) is 1. The lowest BCUT2D eigenvalue weighted by molar-refractivity contribution is -0.121. The number of halogens is 1. The van der Waals surface area contributed by atoms with Crippen molar-refractivity contribution < 1.29 is 13.2 Å². The van der Waals surface area contributed by atoms with Gasteiger partial charge in [0.1, 0.15) is 11.9 Å². The van der Waals surface area contributed by atoms with E-state index in [0.29, 0.717) is 12.1 Å². The lowest BCUT2D eigenvalue weighted by Gasteiger charge is -2.13. The Labute approximate surface area is 142 Å². The summed E-state index contributed by atoms with van der Waals surface area (Å²) in [6.45, 7) is 4.05. The van der Waals surface area contributed by atoms with E-state index in [2.05, 4.69) is 20.3 Å². The zero-order chi connectivity index (χ0) is 16.3. The zero-order valence-electron chi connectivity index (χ0n) is 13.2. The molecule has 0 aliphatic carbocycles. The minimum Gasteiger partial charge on any atom is -0.353 e. The fourth-order valence-electron chi connectivity index (χ4n) is 1.99. The van der Waals surface area contributed by atoms with Crippen LogP contribution in [-0.4, -0.2) is 45.8 Å². The van der Waals surface area contributed by atoms with Gasteiger partial charge in [-0.25, -0.2) is 8.42 Å². The van der Waals surface area contributed by atoms with Crippen LogP contribution in [0.3, 0.4) is 0 Å². The van der Waals surface area contributed by atoms with Crippen LogP contribution in [0, 0.1) is 0 Å². The highest BCUT2D eigenvalue weighted by molar-refractivity contribution is 7.90. The molecule has 23 heavy (non-hydrogen) atoms. The van der Waals surface area contributed by atoms with Crippen LogP contribution in [0.1, 0.15) is 19.4 Å². The van der Waals surface area contributed by atoms with Crippen LogP contribution in [0.25, 0.3) is 0 Å². The number of benzene rings is 1. The Morgan fingerprint density at radius 2 is 1.96 bits per heavy atom. The quantitative estimate of drug-likeness (QED) is 0.701. The highest BCUT2D eigenvalue weighted by Crippen LogP contribution is 2.22. The highest BCUT2D eigenvalue weighted by atomic mass is 35.5. The largest absolute Gasteiger partial charge is 0.353 e. The van der Waals surface area contributed by atoms with Crippen LogP contribution in [0.5, 0.6) is 0 Å². The summed E-state index contributed by atoms with van der Waals surface area (Å²) in [5.74, 6) is -0.0434. The number of nitrogens with one attached hydrogen (secondary N) is 3. The third kappa shape index (κ3) is 4.43. The molecule has 1 aliphatic rings. The lowest BCUT2D eigenvalue weighted by Crippen LogP contribution is -2.41. The second-order valence-electron chi connectivity index (χ2n) is 5.19. The first-order chi connectivity index (χ1) is 10.3. The second-order valence-corrected chi connectivity index (χ2v) is 6.84. The minimum atomic E-state index is -3.58. The molecule has 0 bridgehead atoms. The van der Waals surface area contributed by atoms with Crippen molar-refractivity contribution in [2.24, 2.45) is 4.99 Å². The van der Waals surface area contributed by atoms with Crippen LogP contribution in [0.4, 0.5) is 0 Å². The number of hydrogen-bond donors (Lipinski definition) is 3. The molecule has 0 fully saturated rings. The number of sulfonamides is 1. The third-order valence-corrected chi connectivity index (χ3v) is 4.84. The van der Waals surface area contributed by atoms with Crippen molar-refractivity contribution in [3.63, 3.8) is 0 Å². The molecule has 1 aromatic rings. The Morgan fingerprint density at radius 1 is 1.30 bits per heavy atom. The normalized spacial score (nSPS) is 19.2. The monoisotopic (exact) mass is 360 g/mol. The summed E-state index contributed by atoms with van der Waals surface area (Å²) in [7, 11) is -1.77. The van der Waals surface area contributed by atoms with E-state index >= 15 is 0 Å². The molecule has 0 spiro atoms. The van der Waals surface area contributed by atoms with Crippen molar-refractivity contribution in [2.45, 2.75) is 30.8 Å². The van der Waals surface area contributed by atoms with E-state index in [1.165, 1.54) is 6.07 Å². The SMILES string of the molecule is CNC(C)CNC(=O)C(C)N=C1NS(=O)(=O)c2ccccc21.Cl. The maximum absolute atomic E-state index is 12.0. The van der Waals surface area contributed by atoms with Gasteiger partial charge >= 0.3 is 0 Å². The number of nitrogens with zero attached hydrogens (tertiary/aromatic N) is 1. The summed E-state index contributed by atoms with van der Waals surface area (Å²) in [5.41, 5.74) is 0.491. The number of fused-ring (bicyclic) bond motifs is 1. The summed E-state index contributed by atoms with van der Waals surface area (Å²) < 4.78 is 26.3. The summed E-state index contributed by atoms with van der Waals surface area (Å²) in [5, 5.41) is 5.78. The Morgan fingerprint density at radius 3 is 2.61 bits per heavy atom. The van der Waals surface area contributed by atoms with E-state index < -0.39 is 16.1 Å². The molecule has 1 heterocycles. The Balaban J connectivity index is 0.00000264. The Hall–Kier alpha value is -1.64. The van der Waals surface area contributed by atoms with Gasteiger partial charge in [-0.05, 0) is 33.0 Å². The van der Waals surface area contributed by atoms with Gasteiger partial charge in [0.2, 0.25) is 5.91 Å². The molecule has 2 atom stereocenters. The first-order valence-electron chi connectivity index (χ1n) is 7.00. The summed E-state index contributed by atoms with van der Waals surface area (Å²) >= 11 is 0. The fourth-order valence-corrected chi connectivity index (χ4v) is 3.22. The molecular weight excluding hydrogens is 340 g/mol. The summed E-state index contributed by atoms with van der Waals surface area (Å²) in [6, 6.07) is 6.02. The van der Waals surface area contributed by atoms with Crippen LogP contribution < -0.4 is 15.4 Å². The predicted octanol–water partition coefficient (Wildman–Crippen LogP) is 0.260. The van der Waals surface area contributed by atoms with Gasteiger partial charge in [-0.1, -0.05) is 12.1 Å². The number of hydrogen-bond acceptors (Lipinski definition) is 5. The van der Waals surface area contributed by atoms with E-state index in [1.54, 1.807) is 25.1 Å². The average Bonchev–Trinajstić information content (AvgIpc) is 2.75. The predicted molar refractivity (Wildman–Crippen MR) is 91.5 cm³/mol. The van der Waals surface area contributed by atoms with Gasteiger partial charge in [-0.2, -0.15) is 0 Å². The number of rotatable bonds is 5. The van der Waals surface area contributed by atoms with Gasteiger partial charge in [0.05, 0.1) is 4.90 Å². The highest BCUT2D eigenvalue weighted by Gasteiger charge is 2.31. The van der Waals surface area contributed by atoms with Crippen molar-refractivity contribution in [2.75, 3.05) is 13.6 Å². The van der Waals surface area contributed by atoms with E-state index in [1.807, 2.05) is 14.0 Å². The second kappa shape index (κ2) is 7.76. The van der Waals surface area contributed by atoms with E-state index in [4.69, 9.17) is 0 Å². The van der Waals surface area contributed by atoms with Gasteiger partial charge in [0, 0.05) is 18.2 Å². The number of carbonyl (C=O) groups excluding carboxylic acids is 1. The van der Waals surface area contributed by atoms with Crippen molar-refractivity contribution in [1.82, 2.24) is 15.4 Å². The van der Waals surface area contributed by atoms with Gasteiger partial charge in [0.15, 0.2) is 0 Å². The molecule has 3 N–H and O–H groups in total. The van der Waals surface area contributed by atoms with Crippen molar-refractivity contribution >= 4 is 34.2 Å². The molecule has 0 aromatic heterocycles. The molecule has 0 saturated heterocycles. The topological polar surface area (TPSA) is 99.7 Å². The molecule has 1 aromatic carbocycles. The average molecular weight is 361 g/mol. The number of carbonyl (C=O) groups is 1. The van der Waals surface area contributed by atoms with Crippen LogP contribution in [0.2, 0.25) is 0 Å². The molecule has 1 aliphatic heterocycles. The summed E-state index contributed by atoms with van der Waals surface area (Å²) in [4.78, 5) is 16.4. The van der Waals surface area contributed by atoms with E-state index in [-0.39, 0.29) is 35.1 Å². The smallest absolute Gasteiger partial charge is 0.263 e. The van der Waals surface area contributed by atoms with Crippen molar-refractivity contribution in [3.05, 3.63) is 29.8 Å². The lowest BCUT2D eigenvalue weighted by atomic mass is 10.2. The summed E-state index contributed by atoms with van der Waals surface area (Å²) in [6.07, 6.45) is 0. The van der Waals surface area contributed by atoms with Crippen molar-refractivity contribution in [1.29, 1.82) is 0 Å². The number of aliphatic imine (C=N–C) groups is 1. The molecule has 1 amide bonds. The molecule has 0 radical (unpaired) electrons. The minimum absolute atomic E-state index is 0. The fraction of sp³-hybridized carbons (Fsp3) is 0.429. The Kier molecular flexibility index (Phi) is 6.55. The van der Waals surface area contributed by atoms with E-state index in [9.17, 15) is 13.2 Å². The van der Waals surface area contributed by atoms with Gasteiger partial charge < -0.3 is 10.6 Å². The van der Waals surface area contributed by atoms with Crippen LogP contribution >= 0.6 is 12.4 Å². The first-order valence-corrected chi connectivity index (χ1v) is 8.48. The molecule has 128 valence electrons. The Bertz CT molecular complexity index is 706. The van der Waals surface area contributed by atoms with Gasteiger partial charge in [0.25, 0.3) is 10.0 Å². The molecule has 9 heteroatoms. The molecule has 2 unspecified atom stereocenters. The zero-order valence-corrected chi connectivity index (χ0v) is 14.8. The maximum atomic E-state index is 12.0. The van der Waals surface area contributed by atoms with Crippen LogP contribution in [-0.2, 0) is 14.8 Å². The maximum Gasteiger partial charge on any atom is 0.263 e. The molecule has 2 rings (SSSR count). The van der Waals surface area contributed by atoms with E-state index in [0.717, 1.165) is 0 Å². The number of amidine groups is 1. The first kappa shape index (κ1) is 19.4. The standard InChI is InChI=1S/C14H20N4O3S.ClH/c1-9(15-3)8-16-14(19)10(2)17-13-11-6-4-5-7-12(11)22(20,21)18-13;/h4-7,9-10,15H,8H2,1-3H3,(H,16,19)(H,17,18);1H. The molecule has 0 saturated carbocycles. The van der Waals surface area contributed by atoms with Crippen molar-refractivity contribution in [3.8, 4) is 0 Å². The number of amides is 1. The van der Waals surface area contributed by atoms with Gasteiger partial charge in [-0.3, -0.25) is 14.5 Å². The van der Waals surface area contributed by atoms with Crippen LogP contribution in [0.15, 0.2) is 34.2 Å². The molecule has 7 nitrogen and oxygen atoms in total.